The molecule has 5 aliphatic carbocycles. The van der Waals surface area contributed by atoms with Crippen molar-refractivity contribution in [3.05, 3.63) is 169 Å². The first-order chi connectivity index (χ1) is 44.8. The lowest BCUT2D eigenvalue weighted by Gasteiger charge is -2.69. The summed E-state index contributed by atoms with van der Waals surface area (Å²) in [6.07, 6.45) is 22.5. The van der Waals surface area contributed by atoms with Crippen molar-refractivity contribution < 1.29 is 44.5 Å². The standard InChI is InChI=1S/C80H93N3O9/c1-46(2)29-55-34-54-37-66-57(42-84)38-71(88)75(73(55)66)91-43-58-36-61(80-60-23-20-50-11-8-12-51(74(50)80)33-52-21-22-59-13-4-5-28-79(59,76(52)80)92-44-60)35-56-40-83(41-67(56)58)78-68-45-90-63(39-70(54)87)15-7-9-47(18-24-64(68)65-25-27-72(89-3)81-77(65)82-78)16-17-48-19-26-69(86)53(30-48)31-49-10-6-14-62(85)32-49/h6,8,10-12,14,19,26,30,32,35-36,38,40-41,46-47,52,54-55,59-60,63,70,72,76-77,81-82,84-88H,4-5,7,9,13,15-17,20-23,25,27-29,31,33-34,37,39,42-45H2,1-3H3/t47-,52+,54-,55+,59+,60+,63+,70+,72-,76-,77?,79-,80+/m1/s1. The molecule has 482 valence electrons. The molecule has 13 atom stereocenters. The number of piperidine rings is 1. The molecule has 8 bridgehead atoms. The van der Waals surface area contributed by atoms with Gasteiger partial charge < -0.3 is 54.4 Å². The molecule has 5 aromatic carbocycles. The Hall–Kier alpha value is -6.56. The zero-order chi connectivity index (χ0) is 62.6. The van der Waals surface area contributed by atoms with Crippen LogP contribution in [0.1, 0.15) is 184 Å². The van der Waals surface area contributed by atoms with Gasteiger partial charge in [0.1, 0.15) is 36.3 Å². The van der Waals surface area contributed by atoms with Gasteiger partial charge >= 0.3 is 0 Å². The third-order valence-corrected chi connectivity index (χ3v) is 24.4. The molecule has 6 aromatic rings. The Bertz CT molecular complexity index is 3980. The summed E-state index contributed by atoms with van der Waals surface area (Å²) in [6, 6.07) is 27.3. The van der Waals surface area contributed by atoms with Crippen molar-refractivity contribution in [2.45, 2.75) is 203 Å². The SMILES string of the molecule is CO[C@@H]1CCC2=C3C#C[C@@H](CCc4ccc(O)c(Cc5cccc(O)c5)c4)CCC[C@H]4C[C@H](O)[C@H]5Cc6c(CO)cc(O)c(c6[C@@H](CC(C)C)C5)OCc5cc([C@]67c8c9cccc8C[C@@H]8CC[C@@H]%10CCCC[C@]%10(OC[C@@H]6CC9)[C@@H]87)cc6cn(cc56)C(=C3CO4)NC2N1. The van der Waals surface area contributed by atoms with Crippen LogP contribution in [0, 0.1) is 53.3 Å². The molecule has 7 N–H and O–H groups in total. The Kier molecular flexibility index (Phi) is 16.0. The molecular formula is C80H93N3O9. The van der Waals surface area contributed by atoms with E-state index in [-0.39, 0.29) is 77.7 Å². The summed E-state index contributed by atoms with van der Waals surface area (Å²) in [5, 5.41) is 68.0. The third kappa shape index (κ3) is 10.4. The molecule has 2 saturated heterocycles. The maximum absolute atomic E-state index is 12.9. The van der Waals surface area contributed by atoms with E-state index in [1.54, 1.807) is 36.9 Å². The molecule has 1 unspecified atom stereocenters. The molecule has 6 aliphatic heterocycles. The number of dihydropyridines is 1. The minimum Gasteiger partial charge on any atom is -0.508 e. The highest BCUT2D eigenvalue weighted by Crippen LogP contribution is 2.69. The van der Waals surface area contributed by atoms with Gasteiger partial charge in [0.05, 0.1) is 37.6 Å². The van der Waals surface area contributed by atoms with Gasteiger partial charge in [-0.15, -0.1) is 0 Å². The average Bonchev–Trinajstić information content (AvgIpc) is 0.696. The van der Waals surface area contributed by atoms with E-state index in [0.29, 0.717) is 66.8 Å². The zero-order valence-electron chi connectivity index (χ0n) is 54.1. The molecule has 92 heavy (non-hydrogen) atoms. The van der Waals surface area contributed by atoms with Crippen LogP contribution in [0.15, 0.2) is 108 Å². The molecule has 17 rings (SSSR count). The first kappa shape index (κ1) is 60.4. The van der Waals surface area contributed by atoms with E-state index in [4.69, 9.17) is 18.9 Å². The Morgan fingerprint density at radius 2 is 1.68 bits per heavy atom. The Morgan fingerprint density at radius 3 is 2.55 bits per heavy atom. The van der Waals surface area contributed by atoms with Crippen LogP contribution in [0.5, 0.6) is 23.0 Å². The quantitative estimate of drug-likeness (QED) is 0.0653. The van der Waals surface area contributed by atoms with Crippen molar-refractivity contribution >= 4 is 16.6 Å². The highest BCUT2D eigenvalue weighted by atomic mass is 16.5. The Balaban J connectivity index is 0.882. The number of nitrogens with one attached hydrogen (secondary N) is 2. The van der Waals surface area contributed by atoms with Gasteiger partial charge in [0, 0.05) is 70.7 Å². The lowest BCUT2D eigenvalue weighted by molar-refractivity contribution is -0.247. The second-order valence-electron chi connectivity index (χ2n) is 30.1. The number of methoxy groups -OCH3 is 1. The molecule has 12 heteroatoms. The summed E-state index contributed by atoms with van der Waals surface area (Å²) >= 11 is 0. The van der Waals surface area contributed by atoms with Crippen LogP contribution in [-0.2, 0) is 64.9 Å². The fourth-order valence-corrected chi connectivity index (χ4v) is 20.5. The number of aliphatic hydroxyl groups excluding tert-OH is 2. The van der Waals surface area contributed by atoms with E-state index >= 15 is 0 Å². The highest BCUT2D eigenvalue weighted by Gasteiger charge is 2.69. The van der Waals surface area contributed by atoms with Crippen molar-refractivity contribution in [2.24, 2.45) is 41.4 Å². The predicted octanol–water partition coefficient (Wildman–Crippen LogP) is 13.8. The lowest BCUT2D eigenvalue weighted by atomic mass is 9.39. The Labute approximate surface area is 542 Å². The first-order valence-corrected chi connectivity index (χ1v) is 35.3. The number of aromatic nitrogens is 1. The van der Waals surface area contributed by atoms with Gasteiger partial charge in [0.25, 0.3) is 0 Å². The van der Waals surface area contributed by atoms with Gasteiger partial charge in [-0.1, -0.05) is 87.1 Å². The summed E-state index contributed by atoms with van der Waals surface area (Å²) in [5.41, 5.74) is 15.4. The van der Waals surface area contributed by atoms with Crippen LogP contribution in [0.3, 0.4) is 0 Å². The van der Waals surface area contributed by atoms with E-state index in [9.17, 15) is 25.5 Å². The predicted molar refractivity (Wildman–Crippen MR) is 357 cm³/mol. The molecule has 1 spiro atoms. The van der Waals surface area contributed by atoms with Crippen LogP contribution >= 0.6 is 0 Å². The van der Waals surface area contributed by atoms with E-state index in [1.165, 1.54) is 54.4 Å². The second-order valence-corrected chi connectivity index (χ2v) is 30.1. The summed E-state index contributed by atoms with van der Waals surface area (Å²) < 4.78 is 30.8. The molecule has 0 amide bonds. The minimum absolute atomic E-state index is 0.0235. The normalized spacial score (nSPS) is 31.3. The van der Waals surface area contributed by atoms with Crippen molar-refractivity contribution in [2.75, 3.05) is 20.3 Å². The third-order valence-electron chi connectivity index (χ3n) is 24.4. The molecule has 0 radical (unpaired) electrons. The fraction of sp³-hybridized carbons (Fsp3) is 0.525. The summed E-state index contributed by atoms with van der Waals surface area (Å²) in [5.74, 6) is 11.7. The van der Waals surface area contributed by atoms with Crippen LogP contribution < -0.4 is 15.4 Å². The van der Waals surface area contributed by atoms with Gasteiger partial charge in [-0.3, -0.25) is 5.32 Å². The van der Waals surface area contributed by atoms with Gasteiger partial charge in [-0.25, -0.2) is 0 Å². The number of fused-ring (bicyclic) bond motifs is 4. The molecule has 1 aromatic heterocycles. The number of ether oxygens (including phenoxy) is 4. The van der Waals surface area contributed by atoms with Crippen molar-refractivity contribution in [1.29, 1.82) is 0 Å². The second kappa shape index (κ2) is 24.3. The van der Waals surface area contributed by atoms with E-state index in [1.807, 2.05) is 18.2 Å². The number of phenols is 3. The average molecular weight is 1240 g/mol. The summed E-state index contributed by atoms with van der Waals surface area (Å²) in [6.45, 7) is 5.56. The number of benzene rings is 5. The van der Waals surface area contributed by atoms with E-state index < -0.39 is 6.10 Å². The molecular weight excluding hydrogens is 1150 g/mol. The molecule has 12 nitrogen and oxygen atoms in total. The summed E-state index contributed by atoms with van der Waals surface area (Å²) in [7, 11) is 1.78. The monoisotopic (exact) mass is 1240 g/mol. The van der Waals surface area contributed by atoms with Gasteiger partial charge in [-0.2, -0.15) is 0 Å². The number of nitrogens with zero attached hydrogens (tertiary/aromatic N) is 1. The number of phenolic OH excluding ortho intramolecular Hbond substituents is 3. The number of rotatable bonds is 10. The van der Waals surface area contributed by atoms with E-state index in [2.05, 4.69) is 89.7 Å². The highest BCUT2D eigenvalue weighted by molar-refractivity contribution is 5.89. The molecule has 2 saturated carbocycles. The maximum atomic E-state index is 12.9. The maximum Gasteiger partial charge on any atom is 0.165 e. The molecule has 11 aliphatic rings. The number of aryl methyl sites for hydroxylation is 2. The van der Waals surface area contributed by atoms with Gasteiger partial charge in [-0.05, 0) is 243 Å². The van der Waals surface area contributed by atoms with Crippen LogP contribution in [0.2, 0.25) is 0 Å². The largest absolute Gasteiger partial charge is 0.508 e. The van der Waals surface area contributed by atoms with Gasteiger partial charge in [0.15, 0.2) is 11.5 Å². The number of hydrogen-bond acceptors (Lipinski definition) is 11. The number of aliphatic hydroxyl groups is 2. The van der Waals surface area contributed by atoms with Crippen molar-refractivity contribution in [3.63, 3.8) is 0 Å². The van der Waals surface area contributed by atoms with Crippen LogP contribution in [-0.4, -0.2) is 80.6 Å². The lowest BCUT2D eigenvalue weighted by Crippen LogP contribution is -2.70. The van der Waals surface area contributed by atoms with Crippen LogP contribution in [0.25, 0.3) is 16.6 Å². The molecule has 4 fully saturated rings. The van der Waals surface area contributed by atoms with Crippen LogP contribution in [0.4, 0.5) is 0 Å². The van der Waals surface area contributed by atoms with Crippen molar-refractivity contribution in [1.82, 2.24) is 15.2 Å². The Morgan fingerprint density at radius 1 is 0.793 bits per heavy atom. The number of aromatic hydroxyl groups is 3. The smallest absolute Gasteiger partial charge is 0.165 e. The zero-order valence-corrected chi connectivity index (χ0v) is 54.1. The number of hydrogen-bond donors (Lipinski definition) is 7. The minimum atomic E-state index is -0.694. The van der Waals surface area contributed by atoms with Gasteiger partial charge in [0.2, 0.25) is 0 Å². The first-order valence-electron chi connectivity index (χ1n) is 35.3. The molecule has 7 heterocycles. The van der Waals surface area contributed by atoms with Crippen molar-refractivity contribution in [3.8, 4) is 34.8 Å². The van der Waals surface area contributed by atoms with E-state index in [0.717, 1.165) is 151 Å². The fourth-order valence-electron chi connectivity index (χ4n) is 20.5. The summed E-state index contributed by atoms with van der Waals surface area (Å²) in [4.78, 5) is 0. The topological polar surface area (TPSA) is 167 Å².